The van der Waals surface area contributed by atoms with Crippen molar-refractivity contribution in [2.75, 3.05) is 13.7 Å². The normalized spacial score (nSPS) is 20.9. The first-order valence-corrected chi connectivity index (χ1v) is 16.0. The van der Waals surface area contributed by atoms with Crippen molar-refractivity contribution in [2.24, 2.45) is 0 Å². The SMILES string of the molecule is CO[C@H]1O[C@H](COC(=O)c2ccccc2)[C@@H](OS(=O)(=O)c2ccc(C)cc2)[C@H](OC(=O)c2ccccc2)[C@H]1OC(=O)c1ccccc1. The maximum Gasteiger partial charge on any atom is 0.338 e. The van der Waals surface area contributed by atoms with Crippen LogP contribution in [-0.2, 0) is 38.0 Å². The van der Waals surface area contributed by atoms with E-state index in [0.29, 0.717) is 0 Å². The van der Waals surface area contributed by atoms with Crippen LogP contribution in [0.25, 0.3) is 0 Å². The number of hydrogen-bond donors (Lipinski definition) is 0. The van der Waals surface area contributed by atoms with Crippen molar-refractivity contribution in [2.45, 2.75) is 42.5 Å². The molecule has 47 heavy (non-hydrogen) atoms. The van der Waals surface area contributed by atoms with Crippen molar-refractivity contribution < 1.29 is 50.7 Å². The predicted octanol–water partition coefficient (Wildman–Crippen LogP) is 4.75. The Morgan fingerprint density at radius 3 is 1.60 bits per heavy atom. The molecule has 1 aliphatic rings. The van der Waals surface area contributed by atoms with Crippen LogP contribution in [0.4, 0.5) is 0 Å². The highest BCUT2D eigenvalue weighted by Gasteiger charge is 2.53. The molecular weight excluding hydrogens is 628 g/mol. The maximum atomic E-state index is 13.7. The number of hydrogen-bond acceptors (Lipinski definition) is 11. The lowest BCUT2D eigenvalue weighted by Crippen LogP contribution is -2.63. The predicted molar refractivity (Wildman–Crippen MR) is 167 cm³/mol. The summed E-state index contributed by atoms with van der Waals surface area (Å²) in [5.74, 6) is -2.41. The van der Waals surface area contributed by atoms with Gasteiger partial charge in [0.15, 0.2) is 18.5 Å². The third-order valence-corrected chi connectivity index (χ3v) is 8.59. The molecule has 5 atom stereocenters. The van der Waals surface area contributed by atoms with Crippen LogP contribution in [0.5, 0.6) is 0 Å². The number of benzene rings is 4. The minimum absolute atomic E-state index is 0.133. The Kier molecular flexibility index (Phi) is 10.8. The Morgan fingerprint density at radius 1 is 0.638 bits per heavy atom. The molecule has 244 valence electrons. The molecule has 0 aromatic heterocycles. The Bertz CT molecular complexity index is 1760. The van der Waals surface area contributed by atoms with E-state index < -0.39 is 65.3 Å². The smallest absolute Gasteiger partial charge is 0.338 e. The lowest BCUT2D eigenvalue weighted by atomic mass is 9.98. The summed E-state index contributed by atoms with van der Waals surface area (Å²) in [5, 5.41) is 0. The number of carbonyl (C=O) groups excluding carboxylic acids is 3. The quantitative estimate of drug-likeness (QED) is 0.125. The Balaban J connectivity index is 1.54. The first-order chi connectivity index (χ1) is 22.7. The van der Waals surface area contributed by atoms with Crippen molar-refractivity contribution in [3.63, 3.8) is 0 Å². The number of carbonyl (C=O) groups is 3. The highest BCUT2D eigenvalue weighted by atomic mass is 32.2. The molecule has 4 aromatic rings. The van der Waals surface area contributed by atoms with Gasteiger partial charge in [-0.2, -0.15) is 8.42 Å². The van der Waals surface area contributed by atoms with Gasteiger partial charge in [0, 0.05) is 7.11 Å². The number of ether oxygens (including phenoxy) is 5. The van der Waals surface area contributed by atoms with E-state index in [2.05, 4.69) is 0 Å². The molecular formula is C35H32O11S. The Morgan fingerprint density at radius 2 is 1.11 bits per heavy atom. The molecule has 0 unspecified atom stereocenters. The zero-order chi connectivity index (χ0) is 33.4. The van der Waals surface area contributed by atoms with Crippen molar-refractivity contribution in [1.29, 1.82) is 0 Å². The van der Waals surface area contributed by atoms with Crippen LogP contribution in [0.3, 0.4) is 0 Å². The van der Waals surface area contributed by atoms with Crippen LogP contribution in [0.2, 0.25) is 0 Å². The second-order valence-corrected chi connectivity index (χ2v) is 12.1. The lowest BCUT2D eigenvalue weighted by Gasteiger charge is -2.43. The first kappa shape index (κ1) is 33.5. The van der Waals surface area contributed by atoms with E-state index in [1.54, 1.807) is 85.8 Å². The van der Waals surface area contributed by atoms with E-state index in [1.807, 2.05) is 0 Å². The van der Waals surface area contributed by atoms with Gasteiger partial charge >= 0.3 is 17.9 Å². The van der Waals surface area contributed by atoms with Crippen LogP contribution in [0.1, 0.15) is 36.6 Å². The first-order valence-electron chi connectivity index (χ1n) is 14.6. The van der Waals surface area contributed by atoms with Crippen LogP contribution in [0, 0.1) is 6.92 Å². The van der Waals surface area contributed by atoms with Crippen molar-refractivity contribution in [3.05, 3.63) is 138 Å². The zero-order valence-electron chi connectivity index (χ0n) is 25.5. The highest BCUT2D eigenvalue weighted by Crippen LogP contribution is 2.33. The fourth-order valence-corrected chi connectivity index (χ4v) is 5.94. The van der Waals surface area contributed by atoms with Gasteiger partial charge in [0.2, 0.25) is 0 Å². The maximum absolute atomic E-state index is 13.7. The summed E-state index contributed by atoms with van der Waals surface area (Å²) < 4.78 is 61.8. The molecule has 0 aliphatic carbocycles. The number of aryl methyl sites for hydroxylation is 1. The molecule has 12 heteroatoms. The van der Waals surface area contributed by atoms with E-state index in [0.717, 1.165) is 5.56 Å². The number of esters is 3. The molecule has 0 spiro atoms. The molecule has 1 heterocycles. The van der Waals surface area contributed by atoms with E-state index in [9.17, 15) is 22.8 Å². The fourth-order valence-electron chi connectivity index (χ4n) is 4.83. The summed E-state index contributed by atoms with van der Waals surface area (Å²) in [6, 6.07) is 29.9. The van der Waals surface area contributed by atoms with Crippen molar-refractivity contribution in [1.82, 2.24) is 0 Å². The topological polar surface area (TPSA) is 141 Å². The van der Waals surface area contributed by atoms with Gasteiger partial charge in [0.1, 0.15) is 18.8 Å². The molecule has 4 aromatic carbocycles. The zero-order valence-corrected chi connectivity index (χ0v) is 26.3. The van der Waals surface area contributed by atoms with E-state index in [4.69, 9.17) is 27.9 Å². The molecule has 0 N–H and O–H groups in total. The molecule has 0 bridgehead atoms. The molecule has 11 nitrogen and oxygen atoms in total. The van der Waals surface area contributed by atoms with E-state index >= 15 is 0 Å². The van der Waals surface area contributed by atoms with Gasteiger partial charge in [0.25, 0.3) is 10.1 Å². The second kappa shape index (κ2) is 15.1. The van der Waals surface area contributed by atoms with Crippen LogP contribution in [-0.4, -0.2) is 70.7 Å². The molecule has 1 aliphatic heterocycles. The minimum atomic E-state index is -4.55. The third kappa shape index (κ3) is 8.29. The van der Waals surface area contributed by atoms with E-state index in [-0.39, 0.29) is 21.6 Å². The average Bonchev–Trinajstić information content (AvgIpc) is 3.10. The summed E-state index contributed by atoms with van der Waals surface area (Å²) in [4.78, 5) is 39.4. The average molecular weight is 661 g/mol. The summed E-state index contributed by atoms with van der Waals surface area (Å²) in [6.45, 7) is 1.25. The van der Waals surface area contributed by atoms with Gasteiger partial charge in [-0.1, -0.05) is 72.3 Å². The van der Waals surface area contributed by atoms with Crippen LogP contribution >= 0.6 is 0 Å². The van der Waals surface area contributed by atoms with Gasteiger partial charge in [-0.3, -0.25) is 4.18 Å². The van der Waals surface area contributed by atoms with Gasteiger partial charge in [-0.25, -0.2) is 14.4 Å². The number of methoxy groups -OCH3 is 1. The van der Waals surface area contributed by atoms with Crippen molar-refractivity contribution in [3.8, 4) is 0 Å². The molecule has 0 radical (unpaired) electrons. The second-order valence-electron chi connectivity index (χ2n) is 10.5. The fraction of sp³-hybridized carbons (Fsp3) is 0.229. The minimum Gasteiger partial charge on any atom is -0.459 e. The number of rotatable bonds is 11. The molecule has 5 rings (SSSR count). The third-order valence-electron chi connectivity index (χ3n) is 7.26. The molecule has 0 amide bonds. The summed E-state index contributed by atoms with van der Waals surface area (Å²) in [6.07, 6.45) is -7.63. The Hall–Kier alpha value is -4.88. The Labute approximate surface area is 272 Å². The molecule has 1 saturated heterocycles. The molecule has 0 saturated carbocycles. The summed E-state index contributed by atoms with van der Waals surface area (Å²) >= 11 is 0. The van der Waals surface area contributed by atoms with Gasteiger partial charge in [-0.15, -0.1) is 0 Å². The van der Waals surface area contributed by atoms with Crippen LogP contribution < -0.4 is 0 Å². The van der Waals surface area contributed by atoms with Gasteiger partial charge < -0.3 is 23.7 Å². The summed E-state index contributed by atoms with van der Waals surface area (Å²) in [5.41, 5.74) is 1.34. The van der Waals surface area contributed by atoms with E-state index in [1.165, 1.54) is 43.5 Å². The van der Waals surface area contributed by atoms with Crippen LogP contribution in [0.15, 0.2) is 120 Å². The standard InChI is InChI=1S/C35H32O11S/c1-23-18-20-27(21-19-23)47(39,40)46-29-28(22-42-32(36)24-12-6-3-7-13-24)43-35(41-2)31(45-34(38)26-16-10-5-11-17-26)30(29)44-33(37)25-14-8-4-9-15-25/h3-21,28-31,35H,22H2,1-2H3/t28-,29-,30+,31-,35+/m1/s1. The monoisotopic (exact) mass is 660 g/mol. The lowest BCUT2D eigenvalue weighted by molar-refractivity contribution is -0.287. The van der Waals surface area contributed by atoms with Gasteiger partial charge in [0.05, 0.1) is 21.6 Å². The highest BCUT2D eigenvalue weighted by molar-refractivity contribution is 7.86. The van der Waals surface area contributed by atoms with Crippen molar-refractivity contribution >= 4 is 28.0 Å². The largest absolute Gasteiger partial charge is 0.459 e. The molecule has 1 fully saturated rings. The summed E-state index contributed by atoms with van der Waals surface area (Å²) in [7, 11) is -3.29. The van der Waals surface area contributed by atoms with Gasteiger partial charge in [-0.05, 0) is 55.5 Å².